The maximum absolute atomic E-state index is 14.6. The normalized spacial score (nSPS) is 14.9. The largest absolute Gasteiger partial charge is 0.496 e. The fourth-order valence-corrected chi connectivity index (χ4v) is 4.62. The molecule has 2 N–H and O–H groups in total. The number of ether oxygens (including phenoxy) is 1. The number of nitrogens with zero attached hydrogens (tertiary/aromatic N) is 5. The molecule has 196 valence electrons. The molecule has 10 heteroatoms. The Labute approximate surface area is 225 Å². The number of carbonyl (C=O) groups is 1. The first-order chi connectivity index (χ1) is 19.0. The minimum Gasteiger partial charge on any atom is -0.496 e. The second-order valence-electron chi connectivity index (χ2n) is 9.10. The average Bonchev–Trinajstić information content (AvgIpc) is 2.97. The van der Waals surface area contributed by atoms with Gasteiger partial charge in [0.05, 0.1) is 35.7 Å². The second kappa shape index (κ2) is 11.2. The molecule has 0 saturated carbocycles. The van der Waals surface area contributed by atoms with Gasteiger partial charge >= 0.3 is 0 Å². The van der Waals surface area contributed by atoms with Gasteiger partial charge in [-0.15, -0.1) is 0 Å². The fourth-order valence-electron chi connectivity index (χ4n) is 4.62. The van der Waals surface area contributed by atoms with E-state index in [1.54, 1.807) is 24.5 Å². The lowest BCUT2D eigenvalue weighted by molar-refractivity contribution is 0.102. The first-order valence-electron chi connectivity index (χ1n) is 12.4. The van der Waals surface area contributed by atoms with Gasteiger partial charge < -0.3 is 20.3 Å². The molecule has 1 aliphatic rings. The predicted molar refractivity (Wildman–Crippen MR) is 146 cm³/mol. The lowest BCUT2D eigenvalue weighted by Crippen LogP contribution is -2.49. The number of amides is 1. The third-order valence-electron chi connectivity index (χ3n) is 6.52. The summed E-state index contributed by atoms with van der Waals surface area (Å²) in [5.41, 5.74) is 3.60. The summed E-state index contributed by atoms with van der Waals surface area (Å²) in [4.78, 5) is 28.3. The van der Waals surface area contributed by atoms with Crippen LogP contribution in [0.25, 0.3) is 22.5 Å². The van der Waals surface area contributed by atoms with E-state index in [0.29, 0.717) is 16.8 Å². The maximum Gasteiger partial charge on any atom is 0.274 e. The predicted octanol–water partition coefficient (Wildman–Crippen LogP) is 4.28. The number of anilines is 2. The van der Waals surface area contributed by atoms with Gasteiger partial charge in [-0.25, -0.2) is 14.4 Å². The van der Waals surface area contributed by atoms with Crippen LogP contribution in [0.2, 0.25) is 0 Å². The summed E-state index contributed by atoms with van der Waals surface area (Å²) in [6.07, 6.45) is 4.66. The maximum atomic E-state index is 14.6. The molecule has 1 amide bonds. The number of pyridine rings is 1. The van der Waals surface area contributed by atoms with Crippen molar-refractivity contribution in [3.8, 4) is 34.3 Å². The smallest absolute Gasteiger partial charge is 0.274 e. The van der Waals surface area contributed by atoms with Crippen LogP contribution in [0.5, 0.6) is 5.75 Å². The van der Waals surface area contributed by atoms with Gasteiger partial charge in [-0.1, -0.05) is 12.1 Å². The van der Waals surface area contributed by atoms with E-state index in [-0.39, 0.29) is 28.9 Å². The van der Waals surface area contributed by atoms with Crippen molar-refractivity contribution < 1.29 is 13.9 Å². The number of hydrogen-bond acceptors (Lipinski definition) is 8. The Balaban J connectivity index is 1.51. The van der Waals surface area contributed by atoms with Crippen LogP contribution in [-0.4, -0.2) is 53.6 Å². The number of nitrogens with one attached hydrogen (secondary N) is 2. The zero-order valence-corrected chi connectivity index (χ0v) is 21.5. The molecule has 0 unspecified atom stereocenters. The fraction of sp³-hybridized carbons (Fsp3) is 0.207. The van der Waals surface area contributed by atoms with E-state index in [1.807, 2.05) is 18.2 Å². The van der Waals surface area contributed by atoms with Crippen LogP contribution < -0.4 is 20.3 Å². The van der Waals surface area contributed by atoms with Crippen LogP contribution in [-0.2, 0) is 0 Å². The third kappa shape index (κ3) is 5.39. The first-order valence-corrected chi connectivity index (χ1v) is 12.4. The number of nitriles is 1. The van der Waals surface area contributed by atoms with Crippen LogP contribution in [0, 0.1) is 17.1 Å². The number of rotatable bonds is 6. The van der Waals surface area contributed by atoms with Gasteiger partial charge in [0.15, 0.2) is 5.82 Å². The molecule has 4 aromatic rings. The lowest BCUT2D eigenvalue weighted by atomic mass is 10.0. The molecule has 1 saturated heterocycles. The van der Waals surface area contributed by atoms with Gasteiger partial charge in [0, 0.05) is 49.8 Å². The number of carbonyl (C=O) groups excluding carboxylic acids is 1. The molecule has 1 atom stereocenters. The minimum atomic E-state index is -0.551. The Bertz CT molecular complexity index is 1570. The quantitative estimate of drug-likeness (QED) is 0.385. The molecule has 1 aliphatic heterocycles. The topological polar surface area (TPSA) is 116 Å². The van der Waals surface area contributed by atoms with Gasteiger partial charge in [0.25, 0.3) is 5.91 Å². The Hall–Kier alpha value is -4.88. The van der Waals surface area contributed by atoms with E-state index in [1.165, 1.54) is 31.5 Å². The standard InChI is InChI=1S/C29H26FN7O2/c1-18-17-37(13-12-33-18)25-14-19(21-16-32-10-8-20(21)15-31)6-7-23(25)36-29(38)24-9-11-34-28(35-24)27-22(30)4-3-5-26(27)39-2/h3-11,14,16,18,33H,12-13,17H2,1-2H3,(H,36,38)/t18-/m0/s1. The van der Waals surface area contributed by atoms with E-state index in [0.717, 1.165) is 30.9 Å². The van der Waals surface area contributed by atoms with Crippen molar-refractivity contribution in [3.05, 3.63) is 84.2 Å². The molecule has 0 aliphatic carbocycles. The Morgan fingerprint density at radius 3 is 2.90 bits per heavy atom. The molecule has 1 fully saturated rings. The van der Waals surface area contributed by atoms with E-state index >= 15 is 0 Å². The number of methoxy groups -OCH3 is 1. The Morgan fingerprint density at radius 2 is 2.10 bits per heavy atom. The van der Waals surface area contributed by atoms with Crippen molar-refractivity contribution in [1.29, 1.82) is 5.26 Å². The van der Waals surface area contributed by atoms with Crippen molar-refractivity contribution in [2.24, 2.45) is 0 Å². The van der Waals surface area contributed by atoms with Crippen LogP contribution in [0.1, 0.15) is 23.0 Å². The molecule has 2 aromatic carbocycles. The van der Waals surface area contributed by atoms with Gasteiger partial charge in [0.1, 0.15) is 17.3 Å². The monoisotopic (exact) mass is 523 g/mol. The van der Waals surface area contributed by atoms with E-state index in [9.17, 15) is 14.4 Å². The van der Waals surface area contributed by atoms with Crippen LogP contribution in [0.3, 0.4) is 0 Å². The Kier molecular flexibility index (Phi) is 7.43. The highest BCUT2D eigenvalue weighted by molar-refractivity contribution is 6.05. The average molecular weight is 524 g/mol. The molecule has 0 bridgehead atoms. The summed E-state index contributed by atoms with van der Waals surface area (Å²) >= 11 is 0. The summed E-state index contributed by atoms with van der Waals surface area (Å²) in [5.74, 6) is -0.704. The van der Waals surface area contributed by atoms with Crippen LogP contribution >= 0.6 is 0 Å². The van der Waals surface area contributed by atoms with Crippen molar-refractivity contribution in [1.82, 2.24) is 20.3 Å². The summed E-state index contributed by atoms with van der Waals surface area (Å²) in [6.45, 7) is 4.35. The number of piperazine rings is 1. The third-order valence-corrected chi connectivity index (χ3v) is 6.52. The van der Waals surface area contributed by atoms with Crippen molar-refractivity contribution in [2.75, 3.05) is 37.0 Å². The summed E-state index contributed by atoms with van der Waals surface area (Å²) in [6, 6.07) is 15.7. The summed E-state index contributed by atoms with van der Waals surface area (Å²) in [5, 5.41) is 16.0. The van der Waals surface area contributed by atoms with Crippen molar-refractivity contribution >= 4 is 17.3 Å². The molecule has 3 heterocycles. The lowest BCUT2D eigenvalue weighted by Gasteiger charge is -2.35. The SMILES string of the molecule is COc1cccc(F)c1-c1nccc(C(=O)Nc2ccc(-c3cnccc3C#N)cc2N2CCN[C@@H](C)C2)n1. The summed E-state index contributed by atoms with van der Waals surface area (Å²) in [7, 11) is 1.43. The number of halogens is 1. The van der Waals surface area contributed by atoms with E-state index < -0.39 is 11.7 Å². The van der Waals surface area contributed by atoms with Gasteiger partial charge in [-0.2, -0.15) is 5.26 Å². The van der Waals surface area contributed by atoms with Gasteiger partial charge in [-0.05, 0) is 48.9 Å². The van der Waals surface area contributed by atoms with Crippen molar-refractivity contribution in [3.63, 3.8) is 0 Å². The highest BCUT2D eigenvalue weighted by Crippen LogP contribution is 2.34. The Morgan fingerprint density at radius 1 is 1.23 bits per heavy atom. The molecule has 5 rings (SSSR count). The highest BCUT2D eigenvalue weighted by atomic mass is 19.1. The number of aromatic nitrogens is 3. The molecular weight excluding hydrogens is 497 g/mol. The van der Waals surface area contributed by atoms with E-state index in [2.05, 4.69) is 43.5 Å². The molecule has 9 nitrogen and oxygen atoms in total. The van der Waals surface area contributed by atoms with Crippen LogP contribution in [0.4, 0.5) is 15.8 Å². The molecule has 0 radical (unpaired) electrons. The van der Waals surface area contributed by atoms with Gasteiger partial charge in [-0.3, -0.25) is 9.78 Å². The zero-order valence-electron chi connectivity index (χ0n) is 21.5. The van der Waals surface area contributed by atoms with Crippen LogP contribution in [0.15, 0.2) is 67.1 Å². The number of hydrogen-bond donors (Lipinski definition) is 2. The first kappa shape index (κ1) is 25.8. The highest BCUT2D eigenvalue weighted by Gasteiger charge is 2.22. The van der Waals surface area contributed by atoms with Crippen molar-refractivity contribution in [2.45, 2.75) is 13.0 Å². The summed E-state index contributed by atoms with van der Waals surface area (Å²) < 4.78 is 19.9. The molecule has 39 heavy (non-hydrogen) atoms. The molecular formula is C29H26FN7O2. The van der Waals surface area contributed by atoms with E-state index in [4.69, 9.17) is 4.74 Å². The molecule has 2 aromatic heterocycles. The number of benzene rings is 2. The van der Waals surface area contributed by atoms with Gasteiger partial charge in [0.2, 0.25) is 0 Å². The second-order valence-corrected chi connectivity index (χ2v) is 9.10. The minimum absolute atomic E-state index is 0.0460. The zero-order chi connectivity index (χ0) is 27.4. The molecule has 0 spiro atoms.